The van der Waals surface area contributed by atoms with Gasteiger partial charge in [0.1, 0.15) is 11.2 Å². The van der Waals surface area contributed by atoms with E-state index in [1.54, 1.807) is 18.2 Å². The number of nitrogens with zero attached hydrogens (tertiary/aromatic N) is 2. The molecule has 0 bridgehead atoms. The first-order valence-corrected chi connectivity index (χ1v) is 9.25. The molecular weight excluding hydrogens is 369 g/mol. The molecule has 1 aliphatic rings. The van der Waals surface area contributed by atoms with Crippen molar-refractivity contribution in [2.75, 3.05) is 11.6 Å². The van der Waals surface area contributed by atoms with Crippen LogP contribution in [-0.4, -0.2) is 27.7 Å². The average Bonchev–Trinajstić information content (AvgIpc) is 3.27. The Bertz CT molecular complexity index is 777. The average molecular weight is 384 g/mol. The molecule has 5 nitrogen and oxygen atoms in total. The quantitative estimate of drug-likeness (QED) is 0.599. The van der Waals surface area contributed by atoms with Crippen LogP contribution in [0.4, 0.5) is 5.69 Å². The van der Waals surface area contributed by atoms with E-state index in [-0.39, 0.29) is 17.0 Å². The number of para-hydroxylation sites is 1. The lowest BCUT2D eigenvalue weighted by Gasteiger charge is -2.16. The fourth-order valence-corrected chi connectivity index (χ4v) is 2.82. The maximum Gasteiger partial charge on any atom is 0.262 e. The molecule has 1 heterocycles. The van der Waals surface area contributed by atoms with Crippen LogP contribution in [0.5, 0.6) is 5.88 Å². The molecule has 0 saturated heterocycles. The molecule has 0 unspecified atom stereocenters. The SMILES string of the molecule is CSc1ncc(C(=O)Nc2c(Cl)cccc2Cl)c(OC2(C)CC2)n1. The number of benzene rings is 1. The lowest BCUT2D eigenvalue weighted by atomic mass is 10.2. The predicted molar refractivity (Wildman–Crippen MR) is 96.5 cm³/mol. The van der Waals surface area contributed by atoms with E-state index < -0.39 is 5.91 Å². The summed E-state index contributed by atoms with van der Waals surface area (Å²) in [6, 6.07) is 5.01. The highest BCUT2D eigenvalue weighted by atomic mass is 35.5. The zero-order chi connectivity index (χ0) is 17.3. The number of anilines is 1. The number of hydrogen-bond donors (Lipinski definition) is 1. The van der Waals surface area contributed by atoms with Crippen LogP contribution >= 0.6 is 35.0 Å². The third kappa shape index (κ3) is 3.77. The summed E-state index contributed by atoms with van der Waals surface area (Å²) in [5, 5.41) is 3.96. The monoisotopic (exact) mass is 383 g/mol. The van der Waals surface area contributed by atoms with Gasteiger partial charge in [0.15, 0.2) is 5.16 Å². The van der Waals surface area contributed by atoms with Gasteiger partial charge in [-0.3, -0.25) is 4.79 Å². The molecule has 2 aromatic rings. The first-order chi connectivity index (χ1) is 11.4. The van der Waals surface area contributed by atoms with Crippen LogP contribution in [-0.2, 0) is 0 Å². The van der Waals surface area contributed by atoms with E-state index in [2.05, 4.69) is 15.3 Å². The van der Waals surface area contributed by atoms with E-state index >= 15 is 0 Å². The van der Waals surface area contributed by atoms with Crippen molar-refractivity contribution in [3.8, 4) is 5.88 Å². The fourth-order valence-electron chi connectivity index (χ4n) is 1.99. The van der Waals surface area contributed by atoms with Crippen molar-refractivity contribution in [2.24, 2.45) is 0 Å². The van der Waals surface area contributed by atoms with Gasteiger partial charge < -0.3 is 10.1 Å². The van der Waals surface area contributed by atoms with E-state index in [4.69, 9.17) is 27.9 Å². The number of carbonyl (C=O) groups is 1. The number of aromatic nitrogens is 2. The highest BCUT2D eigenvalue weighted by molar-refractivity contribution is 7.98. The van der Waals surface area contributed by atoms with Crippen molar-refractivity contribution in [3.63, 3.8) is 0 Å². The standard InChI is InChI=1S/C16H15Cl2N3O2S/c1-16(6-7-16)23-14-9(8-19-15(21-14)24-2)13(22)20-12-10(17)4-3-5-11(12)18/h3-5,8H,6-7H2,1-2H3,(H,20,22). The summed E-state index contributed by atoms with van der Waals surface area (Å²) in [5.74, 6) is -0.146. The van der Waals surface area contributed by atoms with Gasteiger partial charge in [0.25, 0.3) is 5.91 Å². The summed E-state index contributed by atoms with van der Waals surface area (Å²) < 4.78 is 5.91. The maximum atomic E-state index is 12.7. The van der Waals surface area contributed by atoms with Crippen molar-refractivity contribution in [3.05, 3.63) is 40.0 Å². The Kier molecular flexibility index (Phi) is 4.90. The van der Waals surface area contributed by atoms with E-state index in [0.29, 0.717) is 20.9 Å². The Labute approximate surface area is 154 Å². The third-order valence-corrected chi connectivity index (χ3v) is 4.85. The third-order valence-electron chi connectivity index (χ3n) is 3.66. The van der Waals surface area contributed by atoms with Crippen molar-refractivity contribution in [2.45, 2.75) is 30.5 Å². The largest absolute Gasteiger partial charge is 0.471 e. The molecule has 1 aromatic heterocycles. The molecule has 1 aromatic carbocycles. The van der Waals surface area contributed by atoms with E-state index in [0.717, 1.165) is 12.8 Å². The lowest BCUT2D eigenvalue weighted by molar-refractivity contribution is 0.101. The zero-order valence-corrected chi connectivity index (χ0v) is 15.4. The van der Waals surface area contributed by atoms with Crippen molar-refractivity contribution in [1.82, 2.24) is 9.97 Å². The smallest absolute Gasteiger partial charge is 0.262 e. The zero-order valence-electron chi connectivity index (χ0n) is 13.1. The molecule has 1 amide bonds. The number of ether oxygens (including phenoxy) is 1. The van der Waals surface area contributed by atoms with Crippen LogP contribution in [0.25, 0.3) is 0 Å². The van der Waals surface area contributed by atoms with Gasteiger partial charge in [-0.25, -0.2) is 4.98 Å². The number of thioether (sulfide) groups is 1. The number of nitrogens with one attached hydrogen (secondary N) is 1. The van der Waals surface area contributed by atoms with Gasteiger partial charge >= 0.3 is 0 Å². The minimum absolute atomic E-state index is 0.247. The molecule has 1 saturated carbocycles. The van der Waals surface area contributed by atoms with E-state index in [1.807, 2.05) is 13.2 Å². The molecule has 0 aliphatic heterocycles. The summed E-state index contributed by atoms with van der Waals surface area (Å²) in [6.45, 7) is 1.99. The maximum absolute atomic E-state index is 12.7. The van der Waals surface area contributed by atoms with Crippen LogP contribution in [0.15, 0.2) is 29.6 Å². The molecule has 1 fully saturated rings. The molecule has 0 atom stereocenters. The van der Waals surface area contributed by atoms with Crippen LogP contribution in [0.1, 0.15) is 30.1 Å². The summed E-state index contributed by atoms with van der Waals surface area (Å²) >= 11 is 13.6. The van der Waals surface area contributed by atoms with Gasteiger partial charge in [0.05, 0.1) is 15.7 Å². The molecule has 24 heavy (non-hydrogen) atoms. The van der Waals surface area contributed by atoms with Gasteiger partial charge in [-0.1, -0.05) is 41.0 Å². The fraction of sp³-hybridized carbons (Fsp3) is 0.312. The second kappa shape index (κ2) is 6.78. The summed E-state index contributed by atoms with van der Waals surface area (Å²) in [6.07, 6.45) is 5.19. The number of rotatable bonds is 5. The first kappa shape index (κ1) is 17.3. The van der Waals surface area contributed by atoms with E-state index in [1.165, 1.54) is 18.0 Å². The van der Waals surface area contributed by atoms with Gasteiger partial charge in [0, 0.05) is 6.20 Å². The Morgan fingerprint density at radius 2 is 2.00 bits per heavy atom. The Balaban J connectivity index is 1.91. The number of amides is 1. The van der Waals surface area contributed by atoms with Gasteiger partial charge in [0.2, 0.25) is 5.88 Å². The Morgan fingerprint density at radius 3 is 2.58 bits per heavy atom. The van der Waals surface area contributed by atoms with Gasteiger partial charge in [-0.15, -0.1) is 0 Å². The number of hydrogen-bond acceptors (Lipinski definition) is 5. The van der Waals surface area contributed by atoms with Gasteiger partial charge in [-0.2, -0.15) is 4.98 Å². The first-order valence-electron chi connectivity index (χ1n) is 7.27. The molecule has 3 rings (SSSR count). The minimum Gasteiger partial charge on any atom is -0.471 e. The predicted octanol–water partition coefficient (Wildman–Crippen LogP) is 4.69. The number of halogens is 2. The summed E-state index contributed by atoms with van der Waals surface area (Å²) in [4.78, 5) is 21.1. The van der Waals surface area contributed by atoms with Crippen LogP contribution < -0.4 is 10.1 Å². The topological polar surface area (TPSA) is 64.1 Å². The Hall–Kier alpha value is -1.50. The van der Waals surface area contributed by atoms with Crippen molar-refractivity contribution in [1.29, 1.82) is 0 Å². The minimum atomic E-state index is -0.420. The molecule has 1 N–H and O–H groups in total. The van der Waals surface area contributed by atoms with Crippen molar-refractivity contribution < 1.29 is 9.53 Å². The molecule has 126 valence electrons. The molecule has 0 spiro atoms. The highest BCUT2D eigenvalue weighted by Gasteiger charge is 2.41. The lowest BCUT2D eigenvalue weighted by Crippen LogP contribution is -2.20. The molecule has 1 aliphatic carbocycles. The molecular formula is C16H15Cl2N3O2S. The molecule has 0 radical (unpaired) electrons. The summed E-state index contributed by atoms with van der Waals surface area (Å²) in [7, 11) is 0. The van der Waals surface area contributed by atoms with Crippen molar-refractivity contribution >= 4 is 46.6 Å². The summed E-state index contributed by atoms with van der Waals surface area (Å²) in [5.41, 5.74) is 0.335. The molecule has 8 heteroatoms. The van der Waals surface area contributed by atoms with E-state index in [9.17, 15) is 4.79 Å². The highest BCUT2D eigenvalue weighted by Crippen LogP contribution is 2.40. The van der Waals surface area contributed by atoms with Gasteiger partial charge in [-0.05, 0) is 38.2 Å². The second-order valence-corrected chi connectivity index (χ2v) is 7.27. The van der Waals surface area contributed by atoms with Crippen LogP contribution in [0.2, 0.25) is 10.0 Å². The van der Waals surface area contributed by atoms with Crippen LogP contribution in [0.3, 0.4) is 0 Å². The van der Waals surface area contributed by atoms with Crippen LogP contribution in [0, 0.1) is 0 Å². The Morgan fingerprint density at radius 1 is 1.33 bits per heavy atom. The second-order valence-electron chi connectivity index (χ2n) is 5.68. The number of carbonyl (C=O) groups excluding carboxylic acids is 1. The normalized spacial score (nSPS) is 15.0.